The van der Waals surface area contributed by atoms with Crippen LogP contribution >= 0.6 is 0 Å². The number of fused-ring (bicyclic) bond motifs is 1. The summed E-state index contributed by atoms with van der Waals surface area (Å²) in [6.45, 7) is 7.03. The Kier molecular flexibility index (Phi) is 4.11. The van der Waals surface area contributed by atoms with Crippen molar-refractivity contribution in [3.63, 3.8) is 0 Å². The van der Waals surface area contributed by atoms with Crippen LogP contribution in [0.25, 0.3) is 22.4 Å². The number of hydrogen-bond donors (Lipinski definition) is 2. The summed E-state index contributed by atoms with van der Waals surface area (Å²) in [6.07, 6.45) is 0. The number of aliphatic hydroxyl groups excluding tert-OH is 1. The molecule has 2 N–H and O–H groups in total. The van der Waals surface area contributed by atoms with E-state index in [0.29, 0.717) is 33.8 Å². The van der Waals surface area contributed by atoms with Crippen LogP contribution in [0, 0.1) is 20.8 Å². The Balaban J connectivity index is 2.17. The Bertz CT molecular complexity index is 910. The highest BCUT2D eigenvalue weighted by molar-refractivity contribution is 6.07. The van der Waals surface area contributed by atoms with Gasteiger partial charge < -0.3 is 19.4 Å². The van der Waals surface area contributed by atoms with Crippen LogP contribution in [-0.4, -0.2) is 33.8 Å². The average molecular weight is 329 g/mol. The van der Waals surface area contributed by atoms with Gasteiger partial charge in [0.15, 0.2) is 0 Å². The Labute approximate surface area is 138 Å². The number of rotatable bonds is 4. The lowest BCUT2D eigenvalue weighted by molar-refractivity contribution is 0.0924. The summed E-state index contributed by atoms with van der Waals surface area (Å²) in [6, 6.07) is 3.20. The summed E-state index contributed by atoms with van der Waals surface area (Å²) in [4.78, 5) is 17.1. The Morgan fingerprint density at radius 2 is 2.08 bits per heavy atom. The quantitative estimate of drug-likeness (QED) is 0.762. The summed E-state index contributed by atoms with van der Waals surface area (Å²) in [5, 5.41) is 16.4. The third-order valence-corrected chi connectivity index (χ3v) is 3.83. The zero-order valence-corrected chi connectivity index (χ0v) is 14.0. The molecule has 0 spiro atoms. The highest BCUT2D eigenvalue weighted by Gasteiger charge is 2.21. The van der Waals surface area contributed by atoms with Crippen molar-refractivity contribution >= 4 is 17.0 Å². The molecule has 1 atom stereocenters. The minimum absolute atomic E-state index is 0.143. The first-order chi connectivity index (χ1) is 11.4. The molecule has 7 heteroatoms. The maximum atomic E-state index is 12.6. The van der Waals surface area contributed by atoms with Crippen molar-refractivity contribution in [1.29, 1.82) is 0 Å². The monoisotopic (exact) mass is 329 g/mol. The molecular formula is C17H19N3O4. The van der Waals surface area contributed by atoms with Gasteiger partial charge in [-0.3, -0.25) is 4.79 Å². The van der Waals surface area contributed by atoms with E-state index in [1.807, 2.05) is 19.9 Å². The second-order valence-electron chi connectivity index (χ2n) is 5.89. The zero-order valence-electron chi connectivity index (χ0n) is 14.0. The molecule has 0 saturated heterocycles. The van der Waals surface area contributed by atoms with Crippen molar-refractivity contribution in [2.24, 2.45) is 0 Å². The third-order valence-electron chi connectivity index (χ3n) is 3.83. The molecule has 1 amide bonds. The molecule has 0 aliphatic carbocycles. The molecule has 0 aliphatic heterocycles. The maximum absolute atomic E-state index is 12.6. The predicted molar refractivity (Wildman–Crippen MR) is 87.7 cm³/mol. The van der Waals surface area contributed by atoms with Crippen LogP contribution in [0.1, 0.15) is 34.5 Å². The fraction of sp³-hybridized carbons (Fsp3) is 0.353. The van der Waals surface area contributed by atoms with Crippen molar-refractivity contribution in [3.8, 4) is 11.3 Å². The minimum Gasteiger partial charge on any atom is -0.466 e. The van der Waals surface area contributed by atoms with Gasteiger partial charge in [0.25, 0.3) is 11.6 Å². The van der Waals surface area contributed by atoms with E-state index in [2.05, 4.69) is 15.5 Å². The number of aliphatic hydroxyl groups is 1. The molecule has 0 saturated carbocycles. The molecule has 3 rings (SSSR count). The maximum Gasteiger partial charge on any atom is 0.259 e. The normalized spacial score (nSPS) is 12.5. The van der Waals surface area contributed by atoms with Gasteiger partial charge in [-0.1, -0.05) is 5.16 Å². The standard InChI is InChI=1S/C17H19N3O4/c1-8(7-21)18-16(22)13-6-14(12-5-9(2)23-11(12)4)19-17-15(13)10(3)20-24-17/h5-6,8,21H,7H2,1-4H3,(H,18,22). The highest BCUT2D eigenvalue weighted by atomic mass is 16.5. The second-order valence-corrected chi connectivity index (χ2v) is 5.89. The third kappa shape index (κ3) is 2.78. The van der Waals surface area contributed by atoms with Crippen LogP contribution in [-0.2, 0) is 0 Å². The molecule has 126 valence electrons. The van der Waals surface area contributed by atoms with Gasteiger partial charge in [0, 0.05) is 11.6 Å². The summed E-state index contributed by atoms with van der Waals surface area (Å²) in [5.41, 5.74) is 2.67. The number of carbonyl (C=O) groups is 1. The second kappa shape index (κ2) is 6.09. The number of pyridine rings is 1. The molecule has 3 aromatic heterocycles. The van der Waals surface area contributed by atoms with E-state index in [0.717, 1.165) is 11.3 Å². The number of hydrogen-bond acceptors (Lipinski definition) is 6. The molecule has 0 aliphatic rings. The summed E-state index contributed by atoms with van der Waals surface area (Å²) in [7, 11) is 0. The van der Waals surface area contributed by atoms with Gasteiger partial charge in [0.1, 0.15) is 11.5 Å². The lowest BCUT2D eigenvalue weighted by Gasteiger charge is -2.12. The van der Waals surface area contributed by atoms with E-state index >= 15 is 0 Å². The van der Waals surface area contributed by atoms with Crippen LogP contribution in [0.15, 0.2) is 21.1 Å². The first kappa shape index (κ1) is 16.2. The molecule has 0 aromatic carbocycles. The summed E-state index contributed by atoms with van der Waals surface area (Å²) < 4.78 is 10.8. The van der Waals surface area contributed by atoms with Gasteiger partial charge in [-0.2, -0.15) is 0 Å². The van der Waals surface area contributed by atoms with Crippen LogP contribution in [0.5, 0.6) is 0 Å². The fourth-order valence-corrected chi connectivity index (χ4v) is 2.64. The Morgan fingerprint density at radius 3 is 2.71 bits per heavy atom. The number of nitrogens with one attached hydrogen (secondary N) is 1. The van der Waals surface area contributed by atoms with E-state index in [1.165, 1.54) is 0 Å². The van der Waals surface area contributed by atoms with E-state index in [1.54, 1.807) is 19.9 Å². The van der Waals surface area contributed by atoms with Gasteiger partial charge in [0.2, 0.25) is 0 Å². The molecule has 3 heterocycles. The molecule has 3 aromatic rings. The van der Waals surface area contributed by atoms with E-state index in [-0.39, 0.29) is 18.6 Å². The number of carbonyl (C=O) groups excluding carboxylic acids is 1. The van der Waals surface area contributed by atoms with Crippen molar-refractivity contribution in [3.05, 3.63) is 34.9 Å². The van der Waals surface area contributed by atoms with E-state index in [9.17, 15) is 4.79 Å². The number of amides is 1. The summed E-state index contributed by atoms with van der Waals surface area (Å²) >= 11 is 0. The largest absolute Gasteiger partial charge is 0.466 e. The number of nitrogens with zero attached hydrogens (tertiary/aromatic N) is 2. The zero-order chi connectivity index (χ0) is 17.4. The minimum atomic E-state index is -0.359. The average Bonchev–Trinajstić information content (AvgIpc) is 3.08. The fourth-order valence-electron chi connectivity index (χ4n) is 2.64. The molecular weight excluding hydrogens is 310 g/mol. The smallest absolute Gasteiger partial charge is 0.259 e. The Hall–Kier alpha value is -2.67. The highest BCUT2D eigenvalue weighted by Crippen LogP contribution is 2.30. The van der Waals surface area contributed by atoms with Crippen LogP contribution in [0.2, 0.25) is 0 Å². The van der Waals surface area contributed by atoms with E-state index < -0.39 is 0 Å². The number of aromatic nitrogens is 2. The summed E-state index contributed by atoms with van der Waals surface area (Å²) in [5.74, 6) is 1.16. The number of furan rings is 1. The van der Waals surface area contributed by atoms with Crippen LogP contribution in [0.3, 0.4) is 0 Å². The van der Waals surface area contributed by atoms with Crippen molar-refractivity contribution in [2.45, 2.75) is 33.7 Å². The molecule has 0 fully saturated rings. The molecule has 7 nitrogen and oxygen atoms in total. The van der Waals surface area contributed by atoms with Crippen molar-refractivity contribution < 1.29 is 18.8 Å². The topological polar surface area (TPSA) is 101 Å². The van der Waals surface area contributed by atoms with Gasteiger partial charge in [-0.25, -0.2) is 4.98 Å². The van der Waals surface area contributed by atoms with Gasteiger partial charge in [-0.15, -0.1) is 0 Å². The predicted octanol–water partition coefficient (Wildman–Crippen LogP) is 2.52. The molecule has 0 bridgehead atoms. The SMILES string of the molecule is Cc1cc(-c2cc(C(=O)NC(C)CO)c3c(C)noc3n2)c(C)o1. The number of aryl methyl sites for hydroxylation is 3. The molecule has 1 unspecified atom stereocenters. The Morgan fingerprint density at radius 1 is 1.33 bits per heavy atom. The first-order valence-electron chi connectivity index (χ1n) is 7.67. The molecule has 0 radical (unpaired) electrons. The first-order valence-corrected chi connectivity index (χ1v) is 7.67. The van der Waals surface area contributed by atoms with Gasteiger partial charge in [0.05, 0.1) is 28.9 Å². The van der Waals surface area contributed by atoms with Crippen LogP contribution < -0.4 is 5.32 Å². The van der Waals surface area contributed by atoms with Gasteiger partial charge >= 0.3 is 0 Å². The van der Waals surface area contributed by atoms with Crippen molar-refractivity contribution in [2.75, 3.05) is 6.61 Å². The van der Waals surface area contributed by atoms with Crippen LogP contribution in [0.4, 0.5) is 0 Å². The lowest BCUT2D eigenvalue weighted by atomic mass is 10.1. The molecule has 24 heavy (non-hydrogen) atoms. The van der Waals surface area contributed by atoms with Crippen molar-refractivity contribution in [1.82, 2.24) is 15.5 Å². The van der Waals surface area contributed by atoms with E-state index in [4.69, 9.17) is 14.0 Å². The van der Waals surface area contributed by atoms with Gasteiger partial charge in [-0.05, 0) is 39.8 Å². The lowest BCUT2D eigenvalue weighted by Crippen LogP contribution is -2.35.